The van der Waals surface area contributed by atoms with Gasteiger partial charge in [0.25, 0.3) is 0 Å². The van der Waals surface area contributed by atoms with Gasteiger partial charge in [0.05, 0.1) is 0 Å². The minimum absolute atomic E-state index is 0.00277. The predicted octanol–water partition coefficient (Wildman–Crippen LogP) is -0.127. The van der Waals surface area contributed by atoms with Crippen LogP contribution in [0.1, 0.15) is 26.7 Å². The van der Waals surface area contributed by atoms with E-state index in [0.717, 1.165) is 19.4 Å². The van der Waals surface area contributed by atoms with E-state index in [2.05, 4.69) is 17.6 Å². The molecule has 0 saturated carbocycles. The quantitative estimate of drug-likeness (QED) is 0.488. The number of aliphatic hydroxyl groups excluding tert-OH is 1. The second kappa shape index (κ2) is 8.01. The number of hydrogen-bond acceptors (Lipinski definition) is 3. The third kappa shape index (κ3) is 7.74. The van der Waals surface area contributed by atoms with Gasteiger partial charge in [-0.3, -0.25) is 4.79 Å². The van der Waals surface area contributed by atoms with Gasteiger partial charge in [0, 0.05) is 32.7 Å². The van der Waals surface area contributed by atoms with Crippen molar-refractivity contribution in [2.45, 2.75) is 32.7 Å². The first-order valence-corrected chi connectivity index (χ1v) is 4.79. The zero-order chi connectivity index (χ0) is 10.1. The zero-order valence-electron chi connectivity index (χ0n) is 8.47. The largest absolute Gasteiger partial charge is 0.396 e. The summed E-state index contributed by atoms with van der Waals surface area (Å²) in [5, 5.41) is 14.7. The zero-order valence-corrected chi connectivity index (χ0v) is 8.47. The molecule has 0 spiro atoms. The lowest BCUT2D eigenvalue weighted by Crippen LogP contribution is -2.36. The average Bonchev–Trinajstić information content (AvgIpc) is 2.10. The minimum Gasteiger partial charge on any atom is -0.396 e. The van der Waals surface area contributed by atoms with Gasteiger partial charge >= 0.3 is 0 Å². The highest BCUT2D eigenvalue weighted by Crippen LogP contribution is 1.94. The van der Waals surface area contributed by atoms with Crippen LogP contribution in [0, 0.1) is 0 Å². The van der Waals surface area contributed by atoms with E-state index in [1.165, 1.54) is 6.92 Å². The van der Waals surface area contributed by atoms with E-state index >= 15 is 0 Å². The van der Waals surface area contributed by atoms with Crippen LogP contribution in [0.4, 0.5) is 0 Å². The van der Waals surface area contributed by atoms with E-state index in [-0.39, 0.29) is 12.5 Å². The fourth-order valence-electron chi connectivity index (χ4n) is 1.12. The molecule has 0 rings (SSSR count). The lowest BCUT2D eigenvalue weighted by atomic mass is 10.1. The third-order valence-corrected chi connectivity index (χ3v) is 1.90. The highest BCUT2D eigenvalue weighted by Gasteiger charge is 2.02. The molecule has 3 N–H and O–H groups in total. The standard InChI is InChI=1S/C9H20N2O2/c1-3-9(4-7-12)11-6-5-10-8(2)13/h9,11-12H,3-7H2,1-2H3,(H,10,13). The summed E-state index contributed by atoms with van der Waals surface area (Å²) in [6.45, 7) is 5.21. The van der Waals surface area contributed by atoms with Gasteiger partial charge in [0.15, 0.2) is 0 Å². The molecule has 13 heavy (non-hydrogen) atoms. The summed E-state index contributed by atoms with van der Waals surface area (Å²) < 4.78 is 0. The molecule has 0 aliphatic carbocycles. The van der Waals surface area contributed by atoms with Gasteiger partial charge in [-0.05, 0) is 12.8 Å². The van der Waals surface area contributed by atoms with Crippen molar-refractivity contribution in [2.24, 2.45) is 0 Å². The van der Waals surface area contributed by atoms with Gasteiger partial charge in [-0.2, -0.15) is 0 Å². The number of nitrogens with one attached hydrogen (secondary N) is 2. The number of aliphatic hydroxyl groups is 1. The Morgan fingerprint density at radius 2 is 2.15 bits per heavy atom. The fourth-order valence-corrected chi connectivity index (χ4v) is 1.12. The van der Waals surface area contributed by atoms with Crippen LogP contribution in [-0.4, -0.2) is 36.8 Å². The molecule has 0 aromatic carbocycles. The molecule has 0 heterocycles. The molecule has 1 unspecified atom stereocenters. The van der Waals surface area contributed by atoms with E-state index in [1.807, 2.05) is 0 Å². The number of amides is 1. The first-order chi connectivity index (χ1) is 6.20. The van der Waals surface area contributed by atoms with Gasteiger partial charge < -0.3 is 15.7 Å². The maximum Gasteiger partial charge on any atom is 0.216 e. The second-order valence-corrected chi connectivity index (χ2v) is 3.05. The van der Waals surface area contributed by atoms with Crippen LogP contribution < -0.4 is 10.6 Å². The van der Waals surface area contributed by atoms with Gasteiger partial charge in [0.2, 0.25) is 5.91 Å². The summed E-state index contributed by atoms with van der Waals surface area (Å²) in [5.41, 5.74) is 0. The Kier molecular flexibility index (Phi) is 7.63. The van der Waals surface area contributed by atoms with Crippen molar-refractivity contribution in [3.63, 3.8) is 0 Å². The second-order valence-electron chi connectivity index (χ2n) is 3.05. The molecule has 0 aliphatic heterocycles. The van der Waals surface area contributed by atoms with Gasteiger partial charge in [-0.15, -0.1) is 0 Å². The molecule has 0 fully saturated rings. The van der Waals surface area contributed by atoms with Crippen LogP contribution in [0.3, 0.4) is 0 Å². The summed E-state index contributed by atoms with van der Waals surface area (Å²) in [6, 6.07) is 0.360. The van der Waals surface area contributed by atoms with E-state index in [0.29, 0.717) is 12.6 Å². The first kappa shape index (κ1) is 12.4. The molecule has 0 bridgehead atoms. The molecule has 0 aromatic rings. The normalized spacial score (nSPS) is 12.5. The highest BCUT2D eigenvalue weighted by atomic mass is 16.3. The lowest BCUT2D eigenvalue weighted by molar-refractivity contribution is -0.118. The van der Waals surface area contributed by atoms with E-state index in [1.54, 1.807) is 0 Å². The molecule has 4 nitrogen and oxygen atoms in total. The molecule has 4 heteroatoms. The fraction of sp³-hybridized carbons (Fsp3) is 0.889. The molecular weight excluding hydrogens is 168 g/mol. The van der Waals surface area contributed by atoms with Gasteiger partial charge in [-0.25, -0.2) is 0 Å². The molecule has 78 valence electrons. The Morgan fingerprint density at radius 1 is 1.46 bits per heavy atom. The van der Waals surface area contributed by atoms with Crippen molar-refractivity contribution in [1.82, 2.24) is 10.6 Å². The van der Waals surface area contributed by atoms with Crippen molar-refractivity contribution in [3.8, 4) is 0 Å². The summed E-state index contributed by atoms with van der Waals surface area (Å²) in [6.07, 6.45) is 1.78. The van der Waals surface area contributed by atoms with Crippen molar-refractivity contribution in [1.29, 1.82) is 0 Å². The predicted molar refractivity (Wildman–Crippen MR) is 52.5 cm³/mol. The molecule has 0 radical (unpaired) electrons. The van der Waals surface area contributed by atoms with Crippen molar-refractivity contribution in [2.75, 3.05) is 19.7 Å². The summed E-state index contributed by atoms with van der Waals surface area (Å²) in [7, 11) is 0. The SMILES string of the molecule is CCC(CCO)NCCNC(C)=O. The summed E-state index contributed by atoms with van der Waals surface area (Å²) in [4.78, 5) is 10.5. The lowest BCUT2D eigenvalue weighted by Gasteiger charge is -2.15. The van der Waals surface area contributed by atoms with Crippen LogP contribution >= 0.6 is 0 Å². The third-order valence-electron chi connectivity index (χ3n) is 1.90. The van der Waals surface area contributed by atoms with E-state index < -0.39 is 0 Å². The van der Waals surface area contributed by atoms with Crippen molar-refractivity contribution >= 4 is 5.91 Å². The number of carbonyl (C=O) groups is 1. The maximum absolute atomic E-state index is 10.5. The number of rotatable bonds is 7. The van der Waals surface area contributed by atoms with Gasteiger partial charge in [0.1, 0.15) is 0 Å². The minimum atomic E-state index is -0.00277. The monoisotopic (exact) mass is 188 g/mol. The van der Waals surface area contributed by atoms with Crippen LogP contribution in [0.5, 0.6) is 0 Å². The van der Waals surface area contributed by atoms with Crippen LogP contribution in [0.25, 0.3) is 0 Å². The topological polar surface area (TPSA) is 61.4 Å². The van der Waals surface area contributed by atoms with E-state index in [9.17, 15) is 4.79 Å². The van der Waals surface area contributed by atoms with Crippen molar-refractivity contribution in [3.05, 3.63) is 0 Å². The molecule has 0 saturated heterocycles. The average molecular weight is 188 g/mol. The van der Waals surface area contributed by atoms with E-state index in [4.69, 9.17) is 5.11 Å². The molecule has 1 atom stereocenters. The highest BCUT2D eigenvalue weighted by molar-refractivity contribution is 5.72. The Hall–Kier alpha value is -0.610. The Balaban J connectivity index is 3.32. The number of carbonyl (C=O) groups excluding carboxylic acids is 1. The Morgan fingerprint density at radius 3 is 2.62 bits per heavy atom. The maximum atomic E-state index is 10.5. The number of hydrogen-bond donors (Lipinski definition) is 3. The van der Waals surface area contributed by atoms with Crippen molar-refractivity contribution < 1.29 is 9.90 Å². The van der Waals surface area contributed by atoms with Crippen LogP contribution in [-0.2, 0) is 4.79 Å². The van der Waals surface area contributed by atoms with Crippen LogP contribution in [0.2, 0.25) is 0 Å². The summed E-state index contributed by atoms with van der Waals surface area (Å²) in [5.74, 6) is -0.00277. The smallest absolute Gasteiger partial charge is 0.216 e. The Labute approximate surface area is 79.7 Å². The summed E-state index contributed by atoms with van der Waals surface area (Å²) >= 11 is 0. The van der Waals surface area contributed by atoms with Gasteiger partial charge in [-0.1, -0.05) is 6.92 Å². The molecular formula is C9H20N2O2. The Bertz CT molecular complexity index is 140. The molecule has 1 amide bonds. The van der Waals surface area contributed by atoms with Crippen LogP contribution in [0.15, 0.2) is 0 Å². The molecule has 0 aliphatic rings. The first-order valence-electron chi connectivity index (χ1n) is 4.79. The molecule has 0 aromatic heterocycles.